The van der Waals surface area contributed by atoms with Gasteiger partial charge in [-0.2, -0.15) is 0 Å². The van der Waals surface area contributed by atoms with Crippen molar-refractivity contribution >= 4 is 0 Å². The summed E-state index contributed by atoms with van der Waals surface area (Å²) in [6.07, 6.45) is 3.91. The summed E-state index contributed by atoms with van der Waals surface area (Å²) in [6, 6.07) is 4.98. The van der Waals surface area contributed by atoms with Crippen LogP contribution in [0.5, 0.6) is 0 Å². The fraction of sp³-hybridized carbons (Fsp3) is 0.765. The van der Waals surface area contributed by atoms with E-state index in [1.165, 1.54) is 38.9 Å². The third kappa shape index (κ3) is 4.10. The van der Waals surface area contributed by atoms with Crippen molar-refractivity contribution < 1.29 is 4.42 Å². The molecular weight excluding hydrogens is 248 g/mol. The van der Waals surface area contributed by atoms with Crippen molar-refractivity contribution in [2.45, 2.75) is 59.0 Å². The van der Waals surface area contributed by atoms with E-state index < -0.39 is 0 Å². The van der Waals surface area contributed by atoms with E-state index in [0.29, 0.717) is 12.1 Å². The summed E-state index contributed by atoms with van der Waals surface area (Å²) in [5.74, 6) is 2.84. The maximum absolute atomic E-state index is 5.71. The number of likely N-dealkylation sites (tertiary alicyclic amines) is 1. The molecule has 114 valence electrons. The largest absolute Gasteiger partial charge is 0.465 e. The number of piperidine rings is 1. The van der Waals surface area contributed by atoms with Crippen molar-refractivity contribution in [2.24, 2.45) is 5.92 Å². The van der Waals surface area contributed by atoms with Crippen LogP contribution < -0.4 is 5.32 Å². The molecule has 0 saturated carbocycles. The number of hydrogen-bond donors (Lipinski definition) is 1. The highest BCUT2D eigenvalue weighted by Crippen LogP contribution is 2.23. The molecule has 1 aliphatic heterocycles. The quantitative estimate of drug-likeness (QED) is 0.859. The number of furan rings is 1. The summed E-state index contributed by atoms with van der Waals surface area (Å²) in [5, 5.41) is 3.71. The first kappa shape index (κ1) is 15.6. The third-order valence-corrected chi connectivity index (χ3v) is 4.58. The van der Waals surface area contributed by atoms with Gasteiger partial charge in [0.25, 0.3) is 0 Å². The van der Waals surface area contributed by atoms with Crippen molar-refractivity contribution in [1.82, 2.24) is 10.2 Å². The smallest absolute Gasteiger partial charge is 0.120 e. The fourth-order valence-electron chi connectivity index (χ4n) is 3.29. The highest BCUT2D eigenvalue weighted by molar-refractivity contribution is 5.09. The van der Waals surface area contributed by atoms with Crippen LogP contribution >= 0.6 is 0 Å². The second-order valence-electron chi connectivity index (χ2n) is 6.30. The summed E-state index contributed by atoms with van der Waals surface area (Å²) in [7, 11) is 0. The van der Waals surface area contributed by atoms with Crippen LogP contribution in [0.3, 0.4) is 0 Å². The molecule has 3 nitrogen and oxygen atoms in total. The molecule has 1 fully saturated rings. The van der Waals surface area contributed by atoms with E-state index in [1.807, 2.05) is 13.0 Å². The van der Waals surface area contributed by atoms with E-state index in [0.717, 1.165) is 17.4 Å². The Morgan fingerprint density at radius 3 is 2.55 bits per heavy atom. The van der Waals surface area contributed by atoms with Gasteiger partial charge in [0.05, 0.1) is 6.04 Å². The van der Waals surface area contributed by atoms with E-state index in [9.17, 15) is 0 Å². The highest BCUT2D eigenvalue weighted by Gasteiger charge is 2.25. The molecule has 1 aromatic rings. The fourth-order valence-corrected chi connectivity index (χ4v) is 3.29. The molecule has 2 atom stereocenters. The van der Waals surface area contributed by atoms with Crippen LogP contribution in [0.15, 0.2) is 16.5 Å². The minimum atomic E-state index is 0.298. The standard InChI is InChI=1S/C17H30N2O/c1-5-10-19-11-8-16(9-12-19)14(3)18-15(4)17-7-6-13(2)20-17/h6-7,14-16,18H,5,8-12H2,1-4H3. The number of nitrogens with one attached hydrogen (secondary N) is 1. The Bertz CT molecular complexity index is 393. The second-order valence-corrected chi connectivity index (χ2v) is 6.30. The second kappa shape index (κ2) is 7.28. The number of aryl methyl sites for hydroxylation is 1. The lowest BCUT2D eigenvalue weighted by Crippen LogP contribution is -2.42. The van der Waals surface area contributed by atoms with Crippen LogP contribution in [-0.2, 0) is 0 Å². The molecule has 1 aromatic heterocycles. The molecule has 1 N–H and O–H groups in total. The Kier molecular flexibility index (Phi) is 5.67. The van der Waals surface area contributed by atoms with E-state index >= 15 is 0 Å². The van der Waals surface area contributed by atoms with Gasteiger partial charge in [0.15, 0.2) is 0 Å². The molecule has 0 aliphatic carbocycles. The molecule has 0 aromatic carbocycles. The van der Waals surface area contributed by atoms with Gasteiger partial charge < -0.3 is 14.6 Å². The van der Waals surface area contributed by atoms with Gasteiger partial charge in [0.2, 0.25) is 0 Å². The molecule has 2 rings (SSSR count). The van der Waals surface area contributed by atoms with Crippen LogP contribution in [0, 0.1) is 12.8 Å². The Morgan fingerprint density at radius 2 is 2.00 bits per heavy atom. The predicted molar refractivity (Wildman–Crippen MR) is 83.9 cm³/mol. The van der Waals surface area contributed by atoms with Gasteiger partial charge in [0.1, 0.15) is 11.5 Å². The first-order chi connectivity index (χ1) is 9.60. The molecule has 2 unspecified atom stereocenters. The number of rotatable bonds is 6. The predicted octanol–water partition coefficient (Wildman–Crippen LogP) is 3.75. The van der Waals surface area contributed by atoms with Crippen LogP contribution in [0.25, 0.3) is 0 Å². The average Bonchev–Trinajstić information content (AvgIpc) is 2.86. The summed E-state index contributed by atoms with van der Waals surface area (Å²) < 4.78 is 5.71. The van der Waals surface area contributed by atoms with E-state index in [1.54, 1.807) is 0 Å². The van der Waals surface area contributed by atoms with E-state index in [2.05, 4.69) is 37.1 Å². The number of nitrogens with zero attached hydrogens (tertiary/aromatic N) is 1. The molecule has 0 radical (unpaired) electrons. The first-order valence-corrected chi connectivity index (χ1v) is 8.15. The molecule has 20 heavy (non-hydrogen) atoms. The lowest BCUT2D eigenvalue weighted by Gasteiger charge is -2.35. The molecular formula is C17H30N2O. The lowest BCUT2D eigenvalue weighted by atomic mass is 9.90. The zero-order valence-electron chi connectivity index (χ0n) is 13.5. The minimum absolute atomic E-state index is 0.298. The molecule has 1 saturated heterocycles. The topological polar surface area (TPSA) is 28.4 Å². The summed E-state index contributed by atoms with van der Waals surface area (Å²) in [6.45, 7) is 12.6. The molecule has 3 heteroatoms. The van der Waals surface area contributed by atoms with Gasteiger partial charge in [-0.3, -0.25) is 0 Å². The van der Waals surface area contributed by atoms with Gasteiger partial charge in [-0.05, 0) is 77.7 Å². The van der Waals surface area contributed by atoms with Crippen molar-refractivity contribution in [2.75, 3.05) is 19.6 Å². The SMILES string of the molecule is CCCN1CCC(C(C)NC(C)c2ccc(C)o2)CC1. The van der Waals surface area contributed by atoms with Gasteiger partial charge in [-0.25, -0.2) is 0 Å². The third-order valence-electron chi connectivity index (χ3n) is 4.58. The normalized spacial score (nSPS) is 21.0. The maximum atomic E-state index is 5.71. The van der Waals surface area contributed by atoms with Gasteiger partial charge in [-0.15, -0.1) is 0 Å². The van der Waals surface area contributed by atoms with E-state index in [-0.39, 0.29) is 0 Å². The molecule has 0 amide bonds. The summed E-state index contributed by atoms with van der Waals surface area (Å²) in [5.41, 5.74) is 0. The average molecular weight is 278 g/mol. The van der Waals surface area contributed by atoms with Crippen molar-refractivity contribution in [3.63, 3.8) is 0 Å². The molecule has 2 heterocycles. The van der Waals surface area contributed by atoms with Crippen LogP contribution in [-0.4, -0.2) is 30.6 Å². The summed E-state index contributed by atoms with van der Waals surface area (Å²) >= 11 is 0. The molecule has 1 aliphatic rings. The zero-order chi connectivity index (χ0) is 14.5. The molecule has 0 spiro atoms. The van der Waals surface area contributed by atoms with Crippen molar-refractivity contribution in [3.8, 4) is 0 Å². The molecule has 0 bridgehead atoms. The highest BCUT2D eigenvalue weighted by atomic mass is 16.3. The monoisotopic (exact) mass is 278 g/mol. The van der Waals surface area contributed by atoms with Crippen molar-refractivity contribution in [3.05, 3.63) is 23.7 Å². The van der Waals surface area contributed by atoms with Crippen LogP contribution in [0.1, 0.15) is 57.6 Å². The number of hydrogen-bond acceptors (Lipinski definition) is 3. The Labute approximate surface area is 123 Å². The van der Waals surface area contributed by atoms with E-state index in [4.69, 9.17) is 4.42 Å². The minimum Gasteiger partial charge on any atom is -0.465 e. The Morgan fingerprint density at radius 1 is 1.30 bits per heavy atom. The van der Waals surface area contributed by atoms with Gasteiger partial charge >= 0.3 is 0 Å². The Balaban J connectivity index is 1.79. The van der Waals surface area contributed by atoms with Gasteiger partial charge in [0, 0.05) is 6.04 Å². The summed E-state index contributed by atoms with van der Waals surface area (Å²) in [4.78, 5) is 2.60. The van der Waals surface area contributed by atoms with Crippen LogP contribution in [0.2, 0.25) is 0 Å². The maximum Gasteiger partial charge on any atom is 0.120 e. The Hall–Kier alpha value is -0.800. The first-order valence-electron chi connectivity index (χ1n) is 8.15. The van der Waals surface area contributed by atoms with Crippen molar-refractivity contribution in [1.29, 1.82) is 0 Å². The van der Waals surface area contributed by atoms with Crippen LogP contribution in [0.4, 0.5) is 0 Å². The lowest BCUT2D eigenvalue weighted by molar-refractivity contribution is 0.158. The van der Waals surface area contributed by atoms with Gasteiger partial charge in [-0.1, -0.05) is 6.92 Å². The zero-order valence-corrected chi connectivity index (χ0v) is 13.5.